The zero-order valence-electron chi connectivity index (χ0n) is 14.9. The van der Waals surface area contributed by atoms with E-state index >= 15 is 0 Å². The second-order valence-electron chi connectivity index (χ2n) is 5.47. The highest BCUT2D eigenvalue weighted by Crippen LogP contribution is 2.29. The van der Waals surface area contributed by atoms with Crippen LogP contribution in [-0.4, -0.2) is 37.7 Å². The molecule has 0 spiro atoms. The van der Waals surface area contributed by atoms with Crippen LogP contribution in [0.5, 0.6) is 11.5 Å². The molecule has 0 radical (unpaired) electrons. The van der Waals surface area contributed by atoms with E-state index in [4.69, 9.17) is 37.4 Å². The molecule has 0 aliphatic rings. The first kappa shape index (κ1) is 20.8. The SMILES string of the molecule is COc1ccc(OC)c([C@@H](C)NC(=O)COC(=O)c2cnc(Cl)c(Cl)c2)c1. The van der Waals surface area contributed by atoms with Gasteiger partial charge in [0.2, 0.25) is 0 Å². The molecular formula is C18H18Cl2N2O5. The molecular weight excluding hydrogens is 395 g/mol. The van der Waals surface area contributed by atoms with Gasteiger partial charge in [0.05, 0.1) is 30.8 Å². The number of hydrogen-bond donors (Lipinski definition) is 1. The number of nitrogens with one attached hydrogen (secondary N) is 1. The van der Waals surface area contributed by atoms with Crippen LogP contribution < -0.4 is 14.8 Å². The fourth-order valence-electron chi connectivity index (χ4n) is 2.29. The summed E-state index contributed by atoms with van der Waals surface area (Å²) >= 11 is 11.5. The average Bonchev–Trinajstić information content (AvgIpc) is 2.67. The summed E-state index contributed by atoms with van der Waals surface area (Å²) in [4.78, 5) is 27.8. The van der Waals surface area contributed by atoms with Gasteiger partial charge in [-0.25, -0.2) is 9.78 Å². The van der Waals surface area contributed by atoms with Crippen molar-refractivity contribution < 1.29 is 23.8 Å². The Hall–Kier alpha value is -2.51. The van der Waals surface area contributed by atoms with Gasteiger partial charge < -0.3 is 19.5 Å². The third-order valence-corrected chi connectivity index (χ3v) is 4.33. The van der Waals surface area contributed by atoms with Gasteiger partial charge >= 0.3 is 5.97 Å². The van der Waals surface area contributed by atoms with E-state index in [9.17, 15) is 9.59 Å². The second-order valence-corrected chi connectivity index (χ2v) is 6.24. The molecule has 7 nitrogen and oxygen atoms in total. The summed E-state index contributed by atoms with van der Waals surface area (Å²) in [7, 11) is 3.08. The maximum atomic E-state index is 12.1. The standard InChI is InChI=1S/C18H18Cl2N2O5/c1-10(13-7-12(25-2)4-5-15(13)26-3)22-16(23)9-27-18(24)11-6-14(19)17(20)21-8-11/h4-8,10H,9H2,1-3H3,(H,22,23)/t10-/m1/s1. The summed E-state index contributed by atoms with van der Waals surface area (Å²) in [6, 6.07) is 6.18. The lowest BCUT2D eigenvalue weighted by molar-refractivity contribution is -0.124. The lowest BCUT2D eigenvalue weighted by Crippen LogP contribution is -2.31. The lowest BCUT2D eigenvalue weighted by atomic mass is 10.1. The number of methoxy groups -OCH3 is 2. The molecule has 0 aliphatic heterocycles. The second kappa shape index (κ2) is 9.43. The van der Waals surface area contributed by atoms with E-state index in [-0.39, 0.29) is 15.7 Å². The first-order valence-corrected chi connectivity index (χ1v) is 8.60. The number of pyridine rings is 1. The third kappa shape index (κ3) is 5.48. The highest BCUT2D eigenvalue weighted by molar-refractivity contribution is 6.41. The quantitative estimate of drug-likeness (QED) is 0.553. The fraction of sp³-hybridized carbons (Fsp3) is 0.278. The number of rotatable bonds is 7. The van der Waals surface area contributed by atoms with Crippen molar-refractivity contribution >= 4 is 35.1 Å². The van der Waals surface area contributed by atoms with Crippen molar-refractivity contribution in [1.82, 2.24) is 10.3 Å². The summed E-state index contributed by atoms with van der Waals surface area (Å²) in [6.45, 7) is 1.32. The Bertz CT molecular complexity index is 844. The van der Waals surface area contributed by atoms with Crippen LogP contribution in [0.2, 0.25) is 10.2 Å². The van der Waals surface area contributed by atoms with Crippen LogP contribution in [0.4, 0.5) is 0 Å². The molecule has 1 atom stereocenters. The highest BCUT2D eigenvalue weighted by atomic mass is 35.5. The summed E-state index contributed by atoms with van der Waals surface area (Å²) in [5.74, 6) is 0.0180. The molecule has 1 heterocycles. The average molecular weight is 413 g/mol. The van der Waals surface area contributed by atoms with Crippen LogP contribution in [0.25, 0.3) is 0 Å². The number of esters is 1. The summed E-state index contributed by atoms with van der Waals surface area (Å²) in [6.07, 6.45) is 1.22. The van der Waals surface area contributed by atoms with Crippen molar-refractivity contribution in [2.75, 3.05) is 20.8 Å². The molecule has 27 heavy (non-hydrogen) atoms. The molecule has 144 valence electrons. The van der Waals surface area contributed by atoms with Crippen molar-refractivity contribution in [1.29, 1.82) is 0 Å². The fourth-order valence-corrected chi connectivity index (χ4v) is 2.56. The molecule has 1 aromatic heterocycles. The monoisotopic (exact) mass is 412 g/mol. The smallest absolute Gasteiger partial charge is 0.340 e. The van der Waals surface area contributed by atoms with Gasteiger partial charge in [0.15, 0.2) is 6.61 Å². The molecule has 2 aromatic rings. The molecule has 1 aromatic carbocycles. The predicted octanol–water partition coefficient (Wildman–Crippen LogP) is 3.44. The highest BCUT2D eigenvalue weighted by Gasteiger charge is 2.17. The van der Waals surface area contributed by atoms with E-state index in [2.05, 4.69) is 10.3 Å². The Balaban J connectivity index is 1.97. The van der Waals surface area contributed by atoms with Crippen molar-refractivity contribution in [2.24, 2.45) is 0 Å². The van der Waals surface area contributed by atoms with E-state index in [0.29, 0.717) is 11.5 Å². The number of carbonyl (C=O) groups excluding carboxylic acids is 2. The number of carbonyl (C=O) groups is 2. The van der Waals surface area contributed by atoms with Gasteiger partial charge in [-0.3, -0.25) is 4.79 Å². The minimum atomic E-state index is -0.733. The number of ether oxygens (including phenoxy) is 3. The van der Waals surface area contributed by atoms with Crippen molar-refractivity contribution in [2.45, 2.75) is 13.0 Å². The van der Waals surface area contributed by atoms with Gasteiger partial charge in [-0.15, -0.1) is 0 Å². The first-order chi connectivity index (χ1) is 12.8. The van der Waals surface area contributed by atoms with Gasteiger partial charge in [-0.05, 0) is 31.2 Å². The van der Waals surface area contributed by atoms with Gasteiger partial charge in [0.1, 0.15) is 16.7 Å². The van der Waals surface area contributed by atoms with Crippen molar-refractivity contribution in [3.05, 3.63) is 51.8 Å². The molecule has 0 bridgehead atoms. The Labute approximate surface area is 166 Å². The molecule has 0 saturated carbocycles. The summed E-state index contributed by atoms with van der Waals surface area (Å²) < 4.78 is 15.5. The van der Waals surface area contributed by atoms with Gasteiger partial charge in [-0.1, -0.05) is 23.2 Å². The van der Waals surface area contributed by atoms with Gasteiger partial charge in [0, 0.05) is 11.8 Å². The zero-order valence-corrected chi connectivity index (χ0v) is 16.4. The van der Waals surface area contributed by atoms with Crippen molar-refractivity contribution in [3.63, 3.8) is 0 Å². The van der Waals surface area contributed by atoms with Crippen LogP contribution in [0, 0.1) is 0 Å². The van der Waals surface area contributed by atoms with Gasteiger partial charge in [0.25, 0.3) is 5.91 Å². The number of benzene rings is 1. The van der Waals surface area contributed by atoms with Crippen LogP contribution in [0.3, 0.4) is 0 Å². The van der Waals surface area contributed by atoms with E-state index in [1.54, 1.807) is 32.2 Å². The topological polar surface area (TPSA) is 86.8 Å². The minimum absolute atomic E-state index is 0.0759. The van der Waals surface area contributed by atoms with E-state index < -0.39 is 24.5 Å². The van der Waals surface area contributed by atoms with Crippen LogP contribution >= 0.6 is 23.2 Å². The summed E-state index contributed by atoms with van der Waals surface area (Å²) in [5, 5.41) is 2.93. The molecule has 0 saturated heterocycles. The van der Waals surface area contributed by atoms with E-state index in [1.807, 2.05) is 0 Å². The Morgan fingerprint density at radius 2 is 1.93 bits per heavy atom. The molecule has 1 N–H and O–H groups in total. The predicted molar refractivity (Wildman–Crippen MR) is 101 cm³/mol. The Morgan fingerprint density at radius 1 is 1.19 bits per heavy atom. The van der Waals surface area contributed by atoms with Crippen LogP contribution in [-0.2, 0) is 9.53 Å². The molecule has 1 amide bonds. The van der Waals surface area contributed by atoms with E-state index in [0.717, 1.165) is 5.56 Å². The van der Waals surface area contributed by atoms with E-state index in [1.165, 1.54) is 19.4 Å². The number of amides is 1. The number of halogens is 2. The normalized spacial score (nSPS) is 11.4. The Morgan fingerprint density at radius 3 is 2.56 bits per heavy atom. The first-order valence-electron chi connectivity index (χ1n) is 7.85. The zero-order chi connectivity index (χ0) is 20.0. The molecule has 9 heteroatoms. The summed E-state index contributed by atoms with van der Waals surface area (Å²) in [5.41, 5.74) is 0.824. The minimum Gasteiger partial charge on any atom is -0.497 e. The molecule has 0 aliphatic carbocycles. The maximum absolute atomic E-state index is 12.1. The number of nitrogens with zero attached hydrogens (tertiary/aromatic N) is 1. The number of aromatic nitrogens is 1. The molecule has 0 fully saturated rings. The molecule has 2 rings (SSSR count). The number of hydrogen-bond acceptors (Lipinski definition) is 6. The Kier molecular flexibility index (Phi) is 7.27. The largest absolute Gasteiger partial charge is 0.497 e. The lowest BCUT2D eigenvalue weighted by Gasteiger charge is -2.18. The maximum Gasteiger partial charge on any atom is 0.340 e. The molecule has 0 unspecified atom stereocenters. The third-order valence-electron chi connectivity index (χ3n) is 3.65. The van der Waals surface area contributed by atoms with Crippen LogP contribution in [0.1, 0.15) is 28.9 Å². The van der Waals surface area contributed by atoms with Crippen molar-refractivity contribution in [3.8, 4) is 11.5 Å². The van der Waals surface area contributed by atoms with Gasteiger partial charge in [-0.2, -0.15) is 0 Å². The van der Waals surface area contributed by atoms with Crippen LogP contribution in [0.15, 0.2) is 30.5 Å².